The largest absolute Gasteiger partial charge is 0.271 e. The van der Waals surface area contributed by atoms with Crippen molar-refractivity contribution in [3.63, 3.8) is 0 Å². The fraction of sp³-hybridized carbons (Fsp3) is 0.294. The third-order valence-electron chi connectivity index (χ3n) is 4.30. The van der Waals surface area contributed by atoms with Gasteiger partial charge in [0.25, 0.3) is 5.69 Å². The van der Waals surface area contributed by atoms with Crippen molar-refractivity contribution in [2.45, 2.75) is 31.7 Å². The molecule has 0 saturated carbocycles. The first-order chi connectivity index (χ1) is 11.2. The molecule has 0 bridgehead atoms. The highest BCUT2D eigenvalue weighted by Crippen LogP contribution is 2.31. The minimum absolute atomic E-state index is 0.0283. The number of nitro groups is 1. The van der Waals surface area contributed by atoms with Gasteiger partial charge in [-0.3, -0.25) is 10.1 Å². The van der Waals surface area contributed by atoms with E-state index in [-0.39, 0.29) is 10.6 Å². The van der Waals surface area contributed by atoms with Crippen LogP contribution in [0.1, 0.15) is 29.7 Å². The van der Waals surface area contributed by atoms with Gasteiger partial charge < -0.3 is 0 Å². The predicted octanol–water partition coefficient (Wildman–Crippen LogP) is 3.59. The molecule has 2 aromatic carbocycles. The number of hydrogen-bond acceptors (Lipinski definition) is 4. The van der Waals surface area contributed by atoms with Gasteiger partial charge in [-0.05, 0) is 37.5 Å². The van der Waals surface area contributed by atoms with Crippen LogP contribution in [0.2, 0.25) is 0 Å². The van der Waals surface area contributed by atoms with Crippen molar-refractivity contribution in [3.8, 4) is 0 Å². The summed E-state index contributed by atoms with van der Waals surface area (Å²) in [5.41, 5.74) is 1.72. The van der Waals surface area contributed by atoms with E-state index in [0.29, 0.717) is 11.1 Å². The van der Waals surface area contributed by atoms with E-state index >= 15 is 0 Å². The van der Waals surface area contributed by atoms with E-state index in [1.165, 1.54) is 17.4 Å². The molecule has 24 heavy (non-hydrogen) atoms. The molecule has 0 fully saturated rings. The summed E-state index contributed by atoms with van der Waals surface area (Å²) in [5.74, 6) is 0. The molecular formula is C17H20N2O4S. The van der Waals surface area contributed by atoms with Crippen molar-refractivity contribution in [1.29, 1.82) is 0 Å². The maximum Gasteiger partial charge on any atom is 0.271 e. The van der Waals surface area contributed by atoms with E-state index < -0.39 is 21.0 Å². The Morgan fingerprint density at radius 2 is 1.71 bits per heavy atom. The molecule has 2 aromatic rings. The molecule has 128 valence electrons. The van der Waals surface area contributed by atoms with Gasteiger partial charge in [-0.2, -0.15) is 4.31 Å². The van der Waals surface area contributed by atoms with Crippen LogP contribution in [-0.2, 0) is 10.0 Å². The summed E-state index contributed by atoms with van der Waals surface area (Å²) in [6, 6.07) is 11.4. The highest BCUT2D eigenvalue weighted by molar-refractivity contribution is 7.89. The molecule has 0 spiro atoms. The summed E-state index contributed by atoms with van der Waals surface area (Å²) in [6.45, 7) is 5.11. The summed E-state index contributed by atoms with van der Waals surface area (Å²) in [7, 11) is -2.38. The maximum absolute atomic E-state index is 13.0. The molecular weight excluding hydrogens is 328 g/mol. The molecule has 0 aromatic heterocycles. The fourth-order valence-electron chi connectivity index (χ4n) is 2.49. The summed E-state index contributed by atoms with van der Waals surface area (Å²) < 4.78 is 27.2. The van der Waals surface area contributed by atoms with Crippen LogP contribution in [0.25, 0.3) is 0 Å². The molecule has 1 unspecified atom stereocenters. The van der Waals surface area contributed by atoms with Crippen molar-refractivity contribution in [3.05, 3.63) is 69.3 Å². The molecule has 0 aliphatic heterocycles. The Balaban J connectivity index is 2.52. The number of nitro benzene ring substituents is 1. The average molecular weight is 348 g/mol. The lowest BCUT2D eigenvalue weighted by molar-refractivity contribution is -0.385. The van der Waals surface area contributed by atoms with Crippen LogP contribution in [0.3, 0.4) is 0 Å². The number of nitrogens with zero attached hydrogens (tertiary/aromatic N) is 2. The third kappa shape index (κ3) is 3.32. The summed E-state index contributed by atoms with van der Waals surface area (Å²) in [4.78, 5) is 10.5. The first-order valence-electron chi connectivity index (χ1n) is 7.45. The molecule has 0 aliphatic carbocycles. The lowest BCUT2D eigenvalue weighted by Crippen LogP contribution is -2.30. The van der Waals surface area contributed by atoms with E-state index in [2.05, 4.69) is 0 Å². The number of non-ortho nitro benzene ring substituents is 1. The Kier molecular flexibility index (Phi) is 5.05. The molecule has 2 rings (SSSR count). The smallest absolute Gasteiger partial charge is 0.258 e. The van der Waals surface area contributed by atoms with Gasteiger partial charge in [0.15, 0.2) is 0 Å². The standard InChI is InChI=1S/C17H20N2O4S/c1-12-10-16(19(20)21)11-17(13(12)2)24(22,23)18(4)14(3)15-8-6-5-7-9-15/h5-11,14H,1-4H3. The van der Waals surface area contributed by atoms with Gasteiger partial charge >= 0.3 is 0 Å². The predicted molar refractivity (Wildman–Crippen MR) is 92.4 cm³/mol. The van der Waals surface area contributed by atoms with Crippen LogP contribution in [-0.4, -0.2) is 24.7 Å². The number of rotatable bonds is 5. The quantitative estimate of drug-likeness (QED) is 0.611. The molecule has 0 N–H and O–H groups in total. The zero-order valence-electron chi connectivity index (χ0n) is 14.1. The van der Waals surface area contributed by atoms with Crippen LogP contribution in [0.15, 0.2) is 47.4 Å². The lowest BCUT2D eigenvalue weighted by Gasteiger charge is -2.25. The van der Waals surface area contributed by atoms with E-state index in [0.717, 1.165) is 11.6 Å². The highest BCUT2D eigenvalue weighted by atomic mass is 32.2. The number of benzene rings is 2. The number of hydrogen-bond donors (Lipinski definition) is 0. The van der Waals surface area contributed by atoms with E-state index in [1.807, 2.05) is 30.3 Å². The third-order valence-corrected chi connectivity index (χ3v) is 6.35. The molecule has 7 heteroatoms. The number of sulfonamides is 1. The van der Waals surface area contributed by atoms with Crippen LogP contribution in [0, 0.1) is 24.0 Å². The Labute approximate surface area is 141 Å². The van der Waals surface area contributed by atoms with Gasteiger partial charge in [0, 0.05) is 25.2 Å². The van der Waals surface area contributed by atoms with Crippen molar-refractivity contribution < 1.29 is 13.3 Å². The minimum atomic E-state index is -3.87. The summed E-state index contributed by atoms with van der Waals surface area (Å²) in [6.07, 6.45) is 0. The fourth-order valence-corrected chi connectivity index (χ4v) is 4.15. The second kappa shape index (κ2) is 6.70. The maximum atomic E-state index is 13.0. The van der Waals surface area contributed by atoms with Gasteiger partial charge in [0.05, 0.1) is 9.82 Å². The molecule has 1 atom stereocenters. The van der Waals surface area contributed by atoms with Crippen LogP contribution >= 0.6 is 0 Å². The minimum Gasteiger partial charge on any atom is -0.258 e. The van der Waals surface area contributed by atoms with Crippen LogP contribution < -0.4 is 0 Å². The average Bonchev–Trinajstić information content (AvgIpc) is 2.56. The molecule has 0 radical (unpaired) electrons. The van der Waals surface area contributed by atoms with Gasteiger partial charge in [0.1, 0.15) is 0 Å². The van der Waals surface area contributed by atoms with Gasteiger partial charge in [-0.25, -0.2) is 8.42 Å². The van der Waals surface area contributed by atoms with E-state index in [9.17, 15) is 18.5 Å². The molecule has 0 saturated heterocycles. The van der Waals surface area contributed by atoms with Crippen LogP contribution in [0.4, 0.5) is 5.69 Å². The molecule has 0 aliphatic rings. The monoisotopic (exact) mass is 348 g/mol. The van der Waals surface area contributed by atoms with Crippen LogP contribution in [0.5, 0.6) is 0 Å². The van der Waals surface area contributed by atoms with Crippen molar-refractivity contribution in [1.82, 2.24) is 4.31 Å². The Morgan fingerprint density at radius 1 is 1.12 bits per heavy atom. The second-order valence-electron chi connectivity index (χ2n) is 5.75. The molecule has 0 amide bonds. The number of aryl methyl sites for hydroxylation is 1. The SMILES string of the molecule is Cc1cc([N+](=O)[O-])cc(S(=O)(=O)N(C)C(C)c2ccccc2)c1C. The zero-order valence-corrected chi connectivity index (χ0v) is 14.9. The first-order valence-corrected chi connectivity index (χ1v) is 8.89. The highest BCUT2D eigenvalue weighted by Gasteiger charge is 2.30. The zero-order chi connectivity index (χ0) is 18.1. The topological polar surface area (TPSA) is 80.5 Å². The first kappa shape index (κ1) is 18.1. The Morgan fingerprint density at radius 3 is 2.25 bits per heavy atom. The van der Waals surface area contributed by atoms with E-state index in [4.69, 9.17) is 0 Å². The molecule has 6 nitrogen and oxygen atoms in total. The summed E-state index contributed by atoms with van der Waals surface area (Å²) in [5, 5.41) is 11.1. The molecule has 0 heterocycles. The Bertz CT molecular complexity index is 864. The summed E-state index contributed by atoms with van der Waals surface area (Å²) >= 11 is 0. The van der Waals surface area contributed by atoms with Crippen molar-refractivity contribution >= 4 is 15.7 Å². The van der Waals surface area contributed by atoms with Gasteiger partial charge in [0.2, 0.25) is 10.0 Å². The lowest BCUT2D eigenvalue weighted by atomic mass is 10.1. The van der Waals surface area contributed by atoms with Crippen molar-refractivity contribution in [2.75, 3.05) is 7.05 Å². The van der Waals surface area contributed by atoms with E-state index in [1.54, 1.807) is 20.8 Å². The van der Waals surface area contributed by atoms with Gasteiger partial charge in [-0.1, -0.05) is 30.3 Å². The Hall–Kier alpha value is -2.25. The van der Waals surface area contributed by atoms with Crippen molar-refractivity contribution in [2.24, 2.45) is 0 Å². The normalized spacial score (nSPS) is 13.0. The van der Waals surface area contributed by atoms with Gasteiger partial charge in [-0.15, -0.1) is 0 Å². The second-order valence-corrected chi connectivity index (χ2v) is 7.72.